The predicted octanol–water partition coefficient (Wildman–Crippen LogP) is 3.89. The van der Waals surface area contributed by atoms with Crippen LogP contribution in [0.1, 0.15) is 10.4 Å². The molecule has 90 valence electrons. The molecule has 0 bridgehead atoms. The van der Waals surface area contributed by atoms with Gasteiger partial charge in [0.2, 0.25) is 0 Å². The van der Waals surface area contributed by atoms with E-state index in [9.17, 15) is 13.2 Å². The monoisotopic (exact) mass is 257 g/mol. The van der Waals surface area contributed by atoms with E-state index in [1.165, 1.54) is 23.5 Å². The van der Waals surface area contributed by atoms with Crippen LogP contribution in [0.25, 0.3) is 11.1 Å². The van der Waals surface area contributed by atoms with E-state index in [-0.39, 0.29) is 0 Å². The lowest BCUT2D eigenvalue weighted by Crippen LogP contribution is -2.04. The average Bonchev–Trinajstić information content (AvgIpc) is 2.76. The van der Waals surface area contributed by atoms with Crippen LogP contribution in [-0.4, -0.2) is 0 Å². The van der Waals surface area contributed by atoms with Gasteiger partial charge in [-0.2, -0.15) is 13.2 Å². The molecule has 2 N–H and O–H groups in total. The van der Waals surface area contributed by atoms with E-state index < -0.39 is 11.7 Å². The van der Waals surface area contributed by atoms with Gasteiger partial charge in [0.25, 0.3) is 0 Å². The summed E-state index contributed by atoms with van der Waals surface area (Å²) in [6.45, 7) is 0.397. The lowest BCUT2D eigenvalue weighted by molar-refractivity contribution is -0.137. The normalized spacial score (nSPS) is 11.8. The van der Waals surface area contributed by atoms with Gasteiger partial charge in [-0.3, -0.25) is 0 Å². The van der Waals surface area contributed by atoms with Gasteiger partial charge in [-0.05, 0) is 34.7 Å². The smallest absolute Gasteiger partial charge is 0.326 e. The van der Waals surface area contributed by atoms with Crippen LogP contribution in [0.5, 0.6) is 0 Å². The third-order valence-corrected chi connectivity index (χ3v) is 3.40. The Balaban J connectivity index is 2.36. The first kappa shape index (κ1) is 12.1. The molecule has 0 amide bonds. The third-order valence-electron chi connectivity index (χ3n) is 2.45. The van der Waals surface area contributed by atoms with E-state index in [0.29, 0.717) is 6.54 Å². The van der Waals surface area contributed by atoms with E-state index in [2.05, 4.69) is 0 Å². The summed E-state index contributed by atoms with van der Waals surface area (Å²) in [5.41, 5.74) is 6.60. The maximum Gasteiger partial charge on any atom is 0.416 e. The summed E-state index contributed by atoms with van der Waals surface area (Å²) in [5.74, 6) is 0. The van der Waals surface area contributed by atoms with Crippen molar-refractivity contribution in [3.05, 3.63) is 46.2 Å². The van der Waals surface area contributed by atoms with Crippen LogP contribution in [0.15, 0.2) is 35.7 Å². The van der Waals surface area contributed by atoms with Crippen molar-refractivity contribution in [2.45, 2.75) is 12.7 Å². The summed E-state index contributed by atoms with van der Waals surface area (Å²) in [7, 11) is 0. The Hall–Kier alpha value is -1.33. The van der Waals surface area contributed by atoms with Crippen molar-refractivity contribution < 1.29 is 13.2 Å². The molecule has 0 aliphatic rings. The van der Waals surface area contributed by atoms with Crippen molar-refractivity contribution in [2.75, 3.05) is 0 Å². The molecule has 0 saturated heterocycles. The van der Waals surface area contributed by atoms with Gasteiger partial charge in [-0.1, -0.05) is 12.1 Å². The van der Waals surface area contributed by atoms with Gasteiger partial charge in [-0.15, -0.1) is 11.3 Å². The summed E-state index contributed by atoms with van der Waals surface area (Å²) in [6.07, 6.45) is -4.29. The van der Waals surface area contributed by atoms with Crippen LogP contribution < -0.4 is 5.73 Å². The van der Waals surface area contributed by atoms with Crippen LogP contribution in [-0.2, 0) is 12.7 Å². The van der Waals surface area contributed by atoms with Crippen LogP contribution >= 0.6 is 11.3 Å². The van der Waals surface area contributed by atoms with Gasteiger partial charge < -0.3 is 5.73 Å². The maximum atomic E-state index is 12.4. The molecule has 0 radical (unpaired) electrons. The van der Waals surface area contributed by atoms with Crippen molar-refractivity contribution in [3.8, 4) is 11.1 Å². The van der Waals surface area contributed by atoms with Crippen molar-refractivity contribution in [1.29, 1.82) is 0 Å². The molecule has 0 saturated carbocycles. The third kappa shape index (κ3) is 2.50. The average molecular weight is 257 g/mol. The maximum absolute atomic E-state index is 12.4. The first-order valence-corrected chi connectivity index (χ1v) is 5.84. The van der Waals surface area contributed by atoms with E-state index in [1.807, 2.05) is 11.4 Å². The molecule has 1 nitrogen and oxygen atoms in total. The highest BCUT2D eigenvalue weighted by molar-refractivity contribution is 7.10. The zero-order valence-electron chi connectivity index (χ0n) is 8.79. The van der Waals surface area contributed by atoms with Gasteiger partial charge in [0, 0.05) is 11.4 Å². The lowest BCUT2D eigenvalue weighted by atomic mass is 10.0. The van der Waals surface area contributed by atoms with Gasteiger partial charge in [-0.25, -0.2) is 0 Å². The second-order valence-corrected chi connectivity index (χ2v) is 4.54. The topological polar surface area (TPSA) is 26.0 Å². The zero-order valence-corrected chi connectivity index (χ0v) is 9.61. The highest BCUT2D eigenvalue weighted by Crippen LogP contribution is 2.32. The summed E-state index contributed by atoms with van der Waals surface area (Å²) >= 11 is 1.51. The number of halogens is 3. The SMILES string of the molecule is NCc1sccc1-c1ccc(C(F)(F)F)cc1. The minimum absolute atomic E-state index is 0.397. The molecule has 0 spiro atoms. The van der Waals surface area contributed by atoms with Crippen LogP contribution in [0.3, 0.4) is 0 Å². The Morgan fingerprint density at radius 2 is 1.71 bits per heavy atom. The fraction of sp³-hybridized carbons (Fsp3) is 0.167. The molecule has 0 atom stereocenters. The Kier molecular flexibility index (Phi) is 3.22. The number of thiophene rings is 1. The Labute approximate surface area is 101 Å². The fourth-order valence-corrected chi connectivity index (χ4v) is 2.37. The summed E-state index contributed by atoms with van der Waals surface area (Å²) in [6, 6.07) is 7.00. The minimum Gasteiger partial charge on any atom is -0.326 e. The van der Waals surface area contributed by atoms with Gasteiger partial charge in [0.15, 0.2) is 0 Å². The molecule has 1 heterocycles. The highest BCUT2D eigenvalue weighted by Gasteiger charge is 2.30. The number of rotatable bonds is 2. The van der Waals surface area contributed by atoms with Crippen molar-refractivity contribution in [3.63, 3.8) is 0 Å². The number of nitrogens with two attached hydrogens (primary N) is 1. The fourth-order valence-electron chi connectivity index (χ4n) is 1.59. The lowest BCUT2D eigenvalue weighted by Gasteiger charge is -2.07. The molecular weight excluding hydrogens is 247 g/mol. The highest BCUT2D eigenvalue weighted by atomic mass is 32.1. The van der Waals surface area contributed by atoms with E-state index in [0.717, 1.165) is 28.1 Å². The molecule has 1 aromatic carbocycles. The first-order valence-electron chi connectivity index (χ1n) is 4.96. The summed E-state index contributed by atoms with van der Waals surface area (Å²) in [4.78, 5) is 0.977. The molecule has 2 aromatic rings. The second kappa shape index (κ2) is 4.50. The number of hydrogen-bond acceptors (Lipinski definition) is 2. The first-order chi connectivity index (χ1) is 8.02. The molecule has 0 unspecified atom stereocenters. The van der Waals surface area contributed by atoms with Crippen LogP contribution in [0, 0.1) is 0 Å². The molecule has 0 aliphatic carbocycles. The van der Waals surface area contributed by atoms with Crippen molar-refractivity contribution >= 4 is 11.3 Å². The molecule has 0 fully saturated rings. The van der Waals surface area contributed by atoms with E-state index >= 15 is 0 Å². The van der Waals surface area contributed by atoms with Crippen LogP contribution in [0.4, 0.5) is 13.2 Å². The zero-order chi connectivity index (χ0) is 12.5. The van der Waals surface area contributed by atoms with E-state index in [4.69, 9.17) is 5.73 Å². The largest absolute Gasteiger partial charge is 0.416 e. The Morgan fingerprint density at radius 3 is 2.24 bits per heavy atom. The second-order valence-electron chi connectivity index (χ2n) is 3.54. The molecular formula is C12H10F3NS. The van der Waals surface area contributed by atoms with Crippen LogP contribution in [0.2, 0.25) is 0 Å². The summed E-state index contributed by atoms with van der Waals surface area (Å²) in [5, 5.41) is 1.88. The van der Waals surface area contributed by atoms with E-state index in [1.54, 1.807) is 0 Å². The molecule has 0 aliphatic heterocycles. The van der Waals surface area contributed by atoms with Gasteiger partial charge in [0.05, 0.1) is 5.56 Å². The van der Waals surface area contributed by atoms with Crippen molar-refractivity contribution in [1.82, 2.24) is 0 Å². The Morgan fingerprint density at radius 1 is 1.06 bits per heavy atom. The predicted molar refractivity (Wildman–Crippen MR) is 62.6 cm³/mol. The quantitative estimate of drug-likeness (QED) is 0.867. The number of benzene rings is 1. The number of alkyl halides is 3. The van der Waals surface area contributed by atoms with Crippen molar-refractivity contribution in [2.24, 2.45) is 5.73 Å². The molecule has 17 heavy (non-hydrogen) atoms. The number of hydrogen-bond donors (Lipinski definition) is 1. The standard InChI is InChI=1S/C12H10F3NS/c13-12(14,15)9-3-1-8(2-4-9)10-5-6-17-11(10)7-16/h1-6H,7,16H2. The molecule has 1 aromatic heterocycles. The molecule has 2 rings (SSSR count). The Bertz CT molecular complexity index is 499. The van der Waals surface area contributed by atoms with Gasteiger partial charge in [0.1, 0.15) is 0 Å². The summed E-state index contributed by atoms with van der Waals surface area (Å²) < 4.78 is 37.2. The van der Waals surface area contributed by atoms with Gasteiger partial charge >= 0.3 is 6.18 Å². The molecule has 5 heteroatoms. The minimum atomic E-state index is -4.29.